The quantitative estimate of drug-likeness (QED) is 0.799. The van der Waals surface area contributed by atoms with Crippen molar-refractivity contribution in [3.8, 4) is 0 Å². The van der Waals surface area contributed by atoms with Crippen LogP contribution in [0.25, 0.3) is 0 Å². The van der Waals surface area contributed by atoms with Gasteiger partial charge in [-0.25, -0.2) is 9.59 Å². The average Bonchev–Trinajstić information content (AvgIpc) is 2.48. The van der Waals surface area contributed by atoms with E-state index in [9.17, 15) is 14.4 Å². The van der Waals surface area contributed by atoms with Gasteiger partial charge >= 0.3 is 12.1 Å². The summed E-state index contributed by atoms with van der Waals surface area (Å²) in [6, 6.07) is 7.98. The summed E-state index contributed by atoms with van der Waals surface area (Å²) in [5.41, 5.74) is 5.23. The molecule has 0 saturated carbocycles. The lowest BCUT2D eigenvalue weighted by Crippen LogP contribution is -2.47. The molecule has 0 bridgehead atoms. The number of hydrogen-bond acceptors (Lipinski definition) is 5. The molecule has 0 radical (unpaired) electrons. The van der Waals surface area contributed by atoms with Gasteiger partial charge in [-0.15, -0.1) is 0 Å². The Kier molecular flexibility index (Phi) is 6.76. The van der Waals surface area contributed by atoms with E-state index in [0.717, 1.165) is 10.5 Å². The van der Waals surface area contributed by atoms with Crippen LogP contribution in [0.2, 0.25) is 0 Å². The van der Waals surface area contributed by atoms with E-state index >= 15 is 0 Å². The maximum atomic E-state index is 12.2. The first-order chi connectivity index (χ1) is 11.1. The second-order valence-corrected chi connectivity index (χ2v) is 6.37. The highest BCUT2D eigenvalue weighted by Gasteiger charge is 2.33. The first kappa shape index (κ1) is 19.5. The van der Waals surface area contributed by atoms with E-state index in [1.54, 1.807) is 20.8 Å². The molecule has 24 heavy (non-hydrogen) atoms. The van der Waals surface area contributed by atoms with Gasteiger partial charge in [0.1, 0.15) is 18.2 Å². The number of benzene rings is 1. The Bertz CT molecular complexity index is 580. The number of nitrogens with two attached hydrogens (primary N) is 1. The zero-order valence-electron chi connectivity index (χ0n) is 14.4. The van der Waals surface area contributed by atoms with Crippen LogP contribution in [0.15, 0.2) is 30.3 Å². The number of likely N-dealkylation sites (N-methyl/N-ethyl adjacent to an activating group) is 1. The zero-order chi connectivity index (χ0) is 18.3. The normalized spacial score (nSPS) is 12.2. The van der Waals surface area contributed by atoms with Gasteiger partial charge in [0.15, 0.2) is 0 Å². The van der Waals surface area contributed by atoms with Crippen molar-refractivity contribution in [2.45, 2.75) is 45.4 Å². The highest BCUT2D eigenvalue weighted by Crippen LogP contribution is 2.14. The molecule has 0 spiro atoms. The van der Waals surface area contributed by atoms with E-state index < -0.39 is 29.6 Å². The van der Waals surface area contributed by atoms with Crippen molar-refractivity contribution in [3.63, 3.8) is 0 Å². The highest BCUT2D eigenvalue weighted by atomic mass is 16.6. The Morgan fingerprint density at radius 1 is 1.17 bits per heavy atom. The Balaban J connectivity index is 2.75. The van der Waals surface area contributed by atoms with Crippen LogP contribution in [0.5, 0.6) is 0 Å². The van der Waals surface area contributed by atoms with Crippen LogP contribution < -0.4 is 5.73 Å². The predicted molar refractivity (Wildman–Crippen MR) is 87.8 cm³/mol. The summed E-state index contributed by atoms with van der Waals surface area (Å²) >= 11 is 0. The predicted octanol–water partition coefficient (Wildman–Crippen LogP) is 1.84. The first-order valence-corrected chi connectivity index (χ1v) is 7.55. The fourth-order valence-corrected chi connectivity index (χ4v) is 1.89. The average molecular weight is 336 g/mol. The standard InChI is InChI=1S/C17H24N2O5/c1-17(2,3)24-15(21)13(10-14(18)20)19(4)16(22)23-11-12-8-6-5-7-9-12/h5-9,13H,10-11H2,1-4H3,(H2,18,20)/t13-/m0/s1. The van der Waals surface area contributed by atoms with E-state index in [1.165, 1.54) is 7.05 Å². The minimum Gasteiger partial charge on any atom is -0.458 e. The number of primary amides is 1. The van der Waals surface area contributed by atoms with Gasteiger partial charge in [-0.3, -0.25) is 9.69 Å². The van der Waals surface area contributed by atoms with Crippen molar-refractivity contribution < 1.29 is 23.9 Å². The fourth-order valence-electron chi connectivity index (χ4n) is 1.89. The van der Waals surface area contributed by atoms with Gasteiger partial charge in [-0.2, -0.15) is 0 Å². The minimum absolute atomic E-state index is 0.0572. The molecule has 1 aromatic carbocycles. The van der Waals surface area contributed by atoms with Gasteiger partial charge < -0.3 is 15.2 Å². The molecule has 0 heterocycles. The van der Waals surface area contributed by atoms with Crippen molar-refractivity contribution in [2.75, 3.05) is 7.05 Å². The molecule has 0 aliphatic rings. The summed E-state index contributed by atoms with van der Waals surface area (Å²) in [7, 11) is 1.37. The van der Waals surface area contributed by atoms with Crippen molar-refractivity contribution in [2.24, 2.45) is 5.73 Å². The van der Waals surface area contributed by atoms with E-state index in [-0.39, 0.29) is 13.0 Å². The van der Waals surface area contributed by atoms with Crippen LogP contribution in [-0.4, -0.2) is 41.6 Å². The Morgan fingerprint density at radius 3 is 2.25 bits per heavy atom. The number of ether oxygens (including phenoxy) is 2. The van der Waals surface area contributed by atoms with Crippen LogP contribution in [0.4, 0.5) is 4.79 Å². The molecule has 7 heteroatoms. The van der Waals surface area contributed by atoms with Gasteiger partial charge in [-0.1, -0.05) is 30.3 Å². The summed E-state index contributed by atoms with van der Waals surface area (Å²) in [4.78, 5) is 36.6. The van der Waals surface area contributed by atoms with E-state index in [1.807, 2.05) is 30.3 Å². The second-order valence-electron chi connectivity index (χ2n) is 6.37. The van der Waals surface area contributed by atoms with Crippen LogP contribution in [0.3, 0.4) is 0 Å². The third-order valence-electron chi connectivity index (χ3n) is 3.03. The topological polar surface area (TPSA) is 98.9 Å². The van der Waals surface area contributed by atoms with E-state index in [4.69, 9.17) is 15.2 Å². The molecule has 132 valence electrons. The van der Waals surface area contributed by atoms with Gasteiger partial charge in [0.25, 0.3) is 0 Å². The molecule has 0 aliphatic carbocycles. The molecule has 0 aliphatic heterocycles. The number of rotatable bonds is 6. The molecule has 0 fully saturated rings. The zero-order valence-corrected chi connectivity index (χ0v) is 14.4. The van der Waals surface area contributed by atoms with E-state index in [2.05, 4.69) is 0 Å². The smallest absolute Gasteiger partial charge is 0.410 e. The molecule has 1 aromatic rings. The Labute approximate surface area is 141 Å². The van der Waals surface area contributed by atoms with Crippen molar-refractivity contribution in [1.29, 1.82) is 0 Å². The third-order valence-corrected chi connectivity index (χ3v) is 3.03. The molecule has 0 saturated heterocycles. The molecular weight excluding hydrogens is 312 g/mol. The highest BCUT2D eigenvalue weighted by molar-refractivity contribution is 5.87. The van der Waals surface area contributed by atoms with Crippen molar-refractivity contribution in [1.82, 2.24) is 4.90 Å². The lowest BCUT2D eigenvalue weighted by molar-refractivity contribution is -0.161. The maximum absolute atomic E-state index is 12.2. The number of nitrogens with zero attached hydrogens (tertiary/aromatic N) is 1. The molecule has 1 rings (SSSR count). The summed E-state index contributed by atoms with van der Waals surface area (Å²) in [5, 5.41) is 0. The molecule has 0 unspecified atom stereocenters. The van der Waals surface area contributed by atoms with Gasteiger partial charge in [-0.05, 0) is 26.3 Å². The van der Waals surface area contributed by atoms with Crippen molar-refractivity contribution in [3.05, 3.63) is 35.9 Å². The largest absolute Gasteiger partial charge is 0.458 e. The maximum Gasteiger partial charge on any atom is 0.410 e. The minimum atomic E-state index is -1.13. The van der Waals surface area contributed by atoms with Gasteiger partial charge in [0.05, 0.1) is 6.42 Å². The molecule has 0 aromatic heterocycles. The summed E-state index contributed by atoms with van der Waals surface area (Å²) in [6.45, 7) is 5.14. The summed E-state index contributed by atoms with van der Waals surface area (Å²) in [5.74, 6) is -1.42. The van der Waals surface area contributed by atoms with Crippen molar-refractivity contribution >= 4 is 18.0 Å². The molecule has 2 amide bonds. The lowest BCUT2D eigenvalue weighted by atomic mass is 10.1. The monoisotopic (exact) mass is 336 g/mol. The molecule has 7 nitrogen and oxygen atoms in total. The number of esters is 1. The SMILES string of the molecule is CN(C(=O)OCc1ccccc1)[C@@H](CC(N)=O)C(=O)OC(C)(C)C. The lowest BCUT2D eigenvalue weighted by Gasteiger charge is -2.28. The Hall–Kier alpha value is -2.57. The number of amides is 2. The Morgan fingerprint density at radius 2 is 1.75 bits per heavy atom. The fraction of sp³-hybridized carbons (Fsp3) is 0.471. The molecular formula is C17H24N2O5. The van der Waals surface area contributed by atoms with Gasteiger partial charge in [0, 0.05) is 7.05 Å². The number of carbonyl (C=O) groups is 3. The van der Waals surface area contributed by atoms with Crippen LogP contribution >= 0.6 is 0 Å². The van der Waals surface area contributed by atoms with Crippen LogP contribution in [0, 0.1) is 0 Å². The van der Waals surface area contributed by atoms with E-state index in [0.29, 0.717) is 0 Å². The molecule has 1 atom stereocenters. The van der Waals surface area contributed by atoms with Crippen LogP contribution in [0.1, 0.15) is 32.8 Å². The first-order valence-electron chi connectivity index (χ1n) is 7.55. The van der Waals surface area contributed by atoms with Gasteiger partial charge in [0.2, 0.25) is 5.91 Å². The number of carbonyl (C=O) groups excluding carboxylic acids is 3. The second kappa shape index (κ2) is 8.33. The summed E-state index contributed by atoms with van der Waals surface area (Å²) < 4.78 is 10.4. The third kappa shape index (κ3) is 6.68. The molecule has 2 N–H and O–H groups in total. The summed E-state index contributed by atoms with van der Waals surface area (Å²) in [6.07, 6.45) is -1.08. The van der Waals surface area contributed by atoms with Crippen LogP contribution in [-0.2, 0) is 25.7 Å². The number of hydrogen-bond donors (Lipinski definition) is 1.